The number of thioether (sulfide) groups is 1. The Morgan fingerprint density at radius 2 is 2.06 bits per heavy atom. The lowest BCUT2D eigenvalue weighted by Gasteiger charge is -2.35. The average Bonchev–Trinajstić information content (AvgIpc) is 2.30. The molecular weight excluding hydrogens is 242 g/mol. The first-order valence-electron chi connectivity index (χ1n) is 6.64. The highest BCUT2D eigenvalue weighted by atomic mass is 32.2. The van der Waals surface area contributed by atoms with Crippen LogP contribution in [0.1, 0.15) is 25.8 Å². The molecule has 0 aliphatic carbocycles. The second kappa shape index (κ2) is 5.98. The van der Waals surface area contributed by atoms with E-state index in [1.54, 1.807) is 12.1 Å². The lowest BCUT2D eigenvalue weighted by molar-refractivity contribution is 0.319. The molecule has 1 unspecified atom stereocenters. The predicted molar refractivity (Wildman–Crippen MR) is 79.3 cm³/mol. The van der Waals surface area contributed by atoms with Crippen molar-refractivity contribution in [3.05, 3.63) is 29.8 Å². The Bertz CT molecular complexity index is 375. The van der Waals surface area contributed by atoms with Gasteiger partial charge in [-0.3, -0.25) is 0 Å². The van der Waals surface area contributed by atoms with Crippen LogP contribution in [0.15, 0.2) is 24.3 Å². The third-order valence-electron chi connectivity index (χ3n) is 3.39. The van der Waals surface area contributed by atoms with Crippen molar-refractivity contribution in [2.24, 2.45) is 5.41 Å². The number of phenolic OH excluding ortho intramolecular Hbond substituents is 1. The summed E-state index contributed by atoms with van der Waals surface area (Å²) in [5.74, 6) is 2.86. The SMILES string of the molecule is CC1(C)CSCC(NCCc2ccc(O)cc2)C1. The first kappa shape index (κ1) is 13.8. The van der Waals surface area contributed by atoms with Gasteiger partial charge >= 0.3 is 0 Å². The first-order valence-corrected chi connectivity index (χ1v) is 7.80. The van der Waals surface area contributed by atoms with E-state index in [4.69, 9.17) is 0 Å². The molecule has 1 fully saturated rings. The zero-order valence-electron chi connectivity index (χ0n) is 11.3. The van der Waals surface area contributed by atoms with Crippen LogP contribution in [0.25, 0.3) is 0 Å². The van der Waals surface area contributed by atoms with Gasteiger partial charge in [-0.1, -0.05) is 26.0 Å². The molecule has 0 spiro atoms. The number of aromatic hydroxyl groups is 1. The van der Waals surface area contributed by atoms with E-state index < -0.39 is 0 Å². The number of phenols is 1. The van der Waals surface area contributed by atoms with Crippen molar-refractivity contribution in [3.8, 4) is 5.75 Å². The molecule has 100 valence electrons. The lowest BCUT2D eigenvalue weighted by atomic mass is 9.88. The van der Waals surface area contributed by atoms with Gasteiger partial charge in [0.1, 0.15) is 5.75 Å². The van der Waals surface area contributed by atoms with E-state index in [1.807, 2.05) is 12.1 Å². The van der Waals surface area contributed by atoms with Crippen molar-refractivity contribution < 1.29 is 5.11 Å². The number of nitrogens with one attached hydrogen (secondary N) is 1. The van der Waals surface area contributed by atoms with E-state index in [9.17, 15) is 5.11 Å². The summed E-state index contributed by atoms with van der Waals surface area (Å²) in [6.45, 7) is 5.73. The summed E-state index contributed by atoms with van der Waals surface area (Å²) in [6.07, 6.45) is 2.30. The number of hydrogen-bond donors (Lipinski definition) is 2. The minimum absolute atomic E-state index is 0.345. The van der Waals surface area contributed by atoms with E-state index in [-0.39, 0.29) is 0 Å². The van der Waals surface area contributed by atoms with Gasteiger partial charge in [0, 0.05) is 11.8 Å². The standard InChI is InChI=1S/C15H23NOS/c1-15(2)9-13(10-18-11-15)16-8-7-12-3-5-14(17)6-4-12/h3-6,13,16-17H,7-11H2,1-2H3. The van der Waals surface area contributed by atoms with Crippen molar-refractivity contribution in [2.45, 2.75) is 32.7 Å². The van der Waals surface area contributed by atoms with Gasteiger partial charge in [-0.15, -0.1) is 0 Å². The highest BCUT2D eigenvalue weighted by Gasteiger charge is 2.27. The molecule has 0 bridgehead atoms. The Balaban J connectivity index is 1.73. The maximum atomic E-state index is 9.23. The minimum Gasteiger partial charge on any atom is -0.508 e. The zero-order valence-corrected chi connectivity index (χ0v) is 12.1. The molecule has 1 aliphatic heterocycles. The summed E-state index contributed by atoms with van der Waals surface area (Å²) in [5, 5.41) is 12.9. The molecule has 0 aromatic heterocycles. The zero-order chi connectivity index (χ0) is 13.0. The third-order valence-corrected chi connectivity index (χ3v) is 5.02. The van der Waals surface area contributed by atoms with Crippen molar-refractivity contribution in [2.75, 3.05) is 18.1 Å². The second-order valence-electron chi connectivity index (χ2n) is 5.95. The van der Waals surface area contributed by atoms with Crippen LogP contribution in [0.4, 0.5) is 0 Å². The van der Waals surface area contributed by atoms with Crippen molar-refractivity contribution in [1.82, 2.24) is 5.32 Å². The van der Waals surface area contributed by atoms with E-state index in [0.29, 0.717) is 17.2 Å². The van der Waals surface area contributed by atoms with Gasteiger partial charge in [-0.25, -0.2) is 0 Å². The Labute approximate surface area is 114 Å². The maximum absolute atomic E-state index is 9.23. The average molecular weight is 265 g/mol. The van der Waals surface area contributed by atoms with Crippen LogP contribution < -0.4 is 5.32 Å². The molecule has 18 heavy (non-hydrogen) atoms. The van der Waals surface area contributed by atoms with E-state index >= 15 is 0 Å². The molecule has 0 radical (unpaired) electrons. The normalized spacial score (nSPS) is 22.9. The molecule has 1 aliphatic rings. The van der Waals surface area contributed by atoms with Gasteiger partial charge in [0.15, 0.2) is 0 Å². The van der Waals surface area contributed by atoms with Crippen molar-refractivity contribution in [3.63, 3.8) is 0 Å². The Morgan fingerprint density at radius 3 is 2.72 bits per heavy atom. The fourth-order valence-corrected chi connectivity index (χ4v) is 3.79. The van der Waals surface area contributed by atoms with Gasteiger partial charge in [0.05, 0.1) is 0 Å². The van der Waals surface area contributed by atoms with Crippen LogP contribution in [0.5, 0.6) is 5.75 Å². The fraction of sp³-hybridized carbons (Fsp3) is 0.600. The minimum atomic E-state index is 0.345. The van der Waals surface area contributed by atoms with E-state index in [1.165, 1.54) is 23.5 Å². The monoisotopic (exact) mass is 265 g/mol. The molecule has 0 saturated carbocycles. The maximum Gasteiger partial charge on any atom is 0.115 e. The van der Waals surface area contributed by atoms with Crippen LogP contribution >= 0.6 is 11.8 Å². The van der Waals surface area contributed by atoms with E-state index in [2.05, 4.69) is 30.9 Å². The van der Waals surface area contributed by atoms with Crippen molar-refractivity contribution >= 4 is 11.8 Å². The number of hydrogen-bond acceptors (Lipinski definition) is 3. The molecule has 1 atom stereocenters. The largest absolute Gasteiger partial charge is 0.508 e. The molecule has 2 rings (SSSR count). The van der Waals surface area contributed by atoms with Gasteiger partial charge in [0.25, 0.3) is 0 Å². The van der Waals surface area contributed by atoms with Gasteiger partial charge in [-0.2, -0.15) is 11.8 Å². The quantitative estimate of drug-likeness (QED) is 0.877. The van der Waals surface area contributed by atoms with E-state index in [0.717, 1.165) is 13.0 Å². The summed E-state index contributed by atoms with van der Waals surface area (Å²) in [4.78, 5) is 0. The second-order valence-corrected chi connectivity index (χ2v) is 6.98. The Kier molecular flexibility index (Phi) is 4.57. The molecule has 3 heteroatoms. The van der Waals surface area contributed by atoms with Crippen LogP contribution in [0.2, 0.25) is 0 Å². The summed E-state index contributed by atoms with van der Waals surface area (Å²) >= 11 is 2.06. The molecular formula is C15H23NOS. The highest BCUT2D eigenvalue weighted by molar-refractivity contribution is 7.99. The van der Waals surface area contributed by atoms with Crippen LogP contribution in [0, 0.1) is 5.41 Å². The van der Waals surface area contributed by atoms with Gasteiger partial charge in [-0.05, 0) is 48.3 Å². The Morgan fingerprint density at radius 1 is 1.33 bits per heavy atom. The van der Waals surface area contributed by atoms with Gasteiger partial charge < -0.3 is 10.4 Å². The molecule has 0 amide bonds. The molecule has 1 saturated heterocycles. The van der Waals surface area contributed by atoms with Crippen LogP contribution in [0.3, 0.4) is 0 Å². The summed E-state index contributed by atoms with van der Waals surface area (Å²) in [6, 6.07) is 8.16. The third kappa shape index (κ3) is 4.21. The topological polar surface area (TPSA) is 32.3 Å². The molecule has 1 aromatic rings. The summed E-state index contributed by atoms with van der Waals surface area (Å²) in [7, 11) is 0. The highest BCUT2D eigenvalue weighted by Crippen LogP contribution is 2.33. The summed E-state index contributed by atoms with van der Waals surface area (Å²) < 4.78 is 0. The van der Waals surface area contributed by atoms with Crippen LogP contribution in [-0.2, 0) is 6.42 Å². The first-order chi connectivity index (χ1) is 8.55. The fourth-order valence-electron chi connectivity index (χ4n) is 2.48. The number of benzene rings is 1. The smallest absolute Gasteiger partial charge is 0.115 e. The molecule has 2 N–H and O–H groups in total. The molecule has 1 aromatic carbocycles. The lowest BCUT2D eigenvalue weighted by Crippen LogP contribution is -2.41. The molecule has 2 nitrogen and oxygen atoms in total. The van der Waals surface area contributed by atoms with Gasteiger partial charge in [0.2, 0.25) is 0 Å². The van der Waals surface area contributed by atoms with Crippen LogP contribution in [-0.4, -0.2) is 29.2 Å². The molecule has 1 heterocycles. The predicted octanol–water partition coefficient (Wildman–Crippen LogP) is 3.06. The van der Waals surface area contributed by atoms with Crippen molar-refractivity contribution in [1.29, 1.82) is 0 Å². The summed E-state index contributed by atoms with van der Waals surface area (Å²) in [5.41, 5.74) is 1.75. The number of rotatable bonds is 4. The Hall–Kier alpha value is -0.670.